The molecule has 0 aliphatic carbocycles. The van der Waals surface area contributed by atoms with Crippen molar-refractivity contribution in [2.24, 2.45) is 0 Å². The SMILES string of the molecule is O=C1CCCOc2ncc(F)cc2[C@@H]2CCCN2c2ccn3ncc(c3n2)N1. The number of nitrogens with zero attached hydrogens (tertiary/aromatic N) is 5. The molecule has 0 saturated carbocycles. The summed E-state index contributed by atoms with van der Waals surface area (Å²) in [5.41, 5.74) is 1.88. The lowest BCUT2D eigenvalue weighted by Crippen LogP contribution is -2.25. The summed E-state index contributed by atoms with van der Waals surface area (Å²) in [4.78, 5) is 23.3. The van der Waals surface area contributed by atoms with Crippen molar-refractivity contribution in [2.45, 2.75) is 31.7 Å². The first-order chi connectivity index (χ1) is 13.7. The molecule has 1 saturated heterocycles. The number of anilines is 2. The average molecular weight is 382 g/mol. The van der Waals surface area contributed by atoms with Crippen LogP contribution in [0, 0.1) is 5.82 Å². The van der Waals surface area contributed by atoms with E-state index in [-0.39, 0.29) is 11.9 Å². The van der Waals surface area contributed by atoms with Gasteiger partial charge in [0.05, 0.1) is 25.0 Å². The van der Waals surface area contributed by atoms with Crippen molar-refractivity contribution in [1.82, 2.24) is 19.6 Å². The Kier molecular flexibility index (Phi) is 4.07. The molecule has 5 rings (SSSR count). The maximum Gasteiger partial charge on any atom is 0.224 e. The molecular formula is C19H19FN6O2. The quantitative estimate of drug-likeness (QED) is 0.644. The van der Waals surface area contributed by atoms with Crippen LogP contribution in [0.2, 0.25) is 0 Å². The van der Waals surface area contributed by atoms with Gasteiger partial charge in [0.1, 0.15) is 17.3 Å². The Bertz CT molecular complexity index is 1050. The monoisotopic (exact) mass is 382 g/mol. The molecule has 1 N–H and O–H groups in total. The van der Waals surface area contributed by atoms with E-state index < -0.39 is 5.82 Å². The summed E-state index contributed by atoms with van der Waals surface area (Å²) in [7, 11) is 0. The van der Waals surface area contributed by atoms with Crippen molar-refractivity contribution in [3.63, 3.8) is 0 Å². The highest BCUT2D eigenvalue weighted by Gasteiger charge is 2.31. The Morgan fingerprint density at radius 2 is 2.21 bits per heavy atom. The first-order valence-corrected chi connectivity index (χ1v) is 9.38. The van der Waals surface area contributed by atoms with Gasteiger partial charge in [-0.15, -0.1) is 0 Å². The average Bonchev–Trinajstić information content (AvgIpc) is 3.32. The number of carbonyl (C=O) groups excluding carboxylic acids is 1. The molecule has 9 heteroatoms. The highest BCUT2D eigenvalue weighted by atomic mass is 19.1. The van der Waals surface area contributed by atoms with Crippen LogP contribution in [-0.4, -0.2) is 38.6 Å². The summed E-state index contributed by atoms with van der Waals surface area (Å²) in [5.74, 6) is 0.644. The first kappa shape index (κ1) is 16.9. The summed E-state index contributed by atoms with van der Waals surface area (Å²) >= 11 is 0. The topological polar surface area (TPSA) is 84.7 Å². The highest BCUT2D eigenvalue weighted by molar-refractivity contribution is 5.94. The van der Waals surface area contributed by atoms with Gasteiger partial charge in [-0.2, -0.15) is 5.10 Å². The van der Waals surface area contributed by atoms with E-state index in [1.165, 1.54) is 6.07 Å². The molecule has 3 aromatic rings. The van der Waals surface area contributed by atoms with Crippen LogP contribution in [0.3, 0.4) is 0 Å². The first-order valence-electron chi connectivity index (χ1n) is 9.38. The molecule has 2 aliphatic heterocycles. The van der Waals surface area contributed by atoms with Crippen LogP contribution in [0.1, 0.15) is 37.3 Å². The van der Waals surface area contributed by atoms with Gasteiger partial charge in [-0.3, -0.25) is 4.79 Å². The van der Waals surface area contributed by atoms with E-state index >= 15 is 0 Å². The highest BCUT2D eigenvalue weighted by Crippen LogP contribution is 2.39. The summed E-state index contributed by atoms with van der Waals surface area (Å²) in [6.45, 7) is 1.12. The van der Waals surface area contributed by atoms with Crippen LogP contribution in [0.15, 0.2) is 30.7 Å². The van der Waals surface area contributed by atoms with Crippen LogP contribution in [0.25, 0.3) is 5.65 Å². The molecule has 3 aromatic heterocycles. The smallest absolute Gasteiger partial charge is 0.224 e. The second kappa shape index (κ2) is 6.74. The minimum absolute atomic E-state index is 0.0722. The number of hydrogen-bond donors (Lipinski definition) is 1. The van der Waals surface area contributed by atoms with E-state index in [4.69, 9.17) is 9.72 Å². The largest absolute Gasteiger partial charge is 0.477 e. The molecule has 28 heavy (non-hydrogen) atoms. The van der Waals surface area contributed by atoms with Crippen molar-refractivity contribution in [3.05, 3.63) is 42.1 Å². The second-order valence-corrected chi connectivity index (χ2v) is 7.01. The Balaban J connectivity index is 1.64. The minimum atomic E-state index is -0.392. The summed E-state index contributed by atoms with van der Waals surface area (Å²) in [6, 6.07) is 3.30. The summed E-state index contributed by atoms with van der Waals surface area (Å²) in [5, 5.41) is 7.13. The van der Waals surface area contributed by atoms with Gasteiger partial charge >= 0.3 is 0 Å². The third-order valence-electron chi connectivity index (χ3n) is 5.17. The van der Waals surface area contributed by atoms with Crippen molar-refractivity contribution >= 4 is 23.1 Å². The predicted molar refractivity (Wildman–Crippen MR) is 99.9 cm³/mol. The van der Waals surface area contributed by atoms with E-state index in [0.29, 0.717) is 36.7 Å². The van der Waals surface area contributed by atoms with Crippen molar-refractivity contribution in [3.8, 4) is 5.88 Å². The van der Waals surface area contributed by atoms with Gasteiger partial charge in [-0.05, 0) is 31.4 Å². The fourth-order valence-electron chi connectivity index (χ4n) is 3.89. The van der Waals surface area contributed by atoms with Crippen molar-refractivity contribution < 1.29 is 13.9 Å². The predicted octanol–water partition coefficient (Wildman–Crippen LogP) is 2.72. The zero-order valence-electron chi connectivity index (χ0n) is 15.1. The van der Waals surface area contributed by atoms with Gasteiger partial charge in [-0.25, -0.2) is 18.9 Å². The van der Waals surface area contributed by atoms with Gasteiger partial charge in [0.15, 0.2) is 5.65 Å². The van der Waals surface area contributed by atoms with Gasteiger partial charge in [0.25, 0.3) is 0 Å². The normalized spacial score (nSPS) is 19.7. The Morgan fingerprint density at radius 1 is 1.29 bits per heavy atom. The molecule has 2 aliphatic rings. The summed E-state index contributed by atoms with van der Waals surface area (Å²) < 4.78 is 21.4. The van der Waals surface area contributed by atoms with E-state index in [1.54, 1.807) is 10.7 Å². The molecule has 5 heterocycles. The molecule has 0 aromatic carbocycles. The molecule has 0 spiro atoms. The van der Waals surface area contributed by atoms with Gasteiger partial charge in [0.2, 0.25) is 11.8 Å². The number of aromatic nitrogens is 4. The molecule has 8 nitrogen and oxygen atoms in total. The van der Waals surface area contributed by atoms with E-state index in [1.807, 2.05) is 12.3 Å². The minimum Gasteiger partial charge on any atom is -0.477 e. The maximum atomic E-state index is 14.0. The fraction of sp³-hybridized carbons (Fsp3) is 0.368. The molecule has 1 amide bonds. The number of ether oxygens (including phenoxy) is 1. The van der Waals surface area contributed by atoms with Gasteiger partial charge in [0, 0.05) is 24.7 Å². The van der Waals surface area contributed by atoms with Crippen LogP contribution in [0.4, 0.5) is 15.9 Å². The second-order valence-electron chi connectivity index (χ2n) is 7.01. The molecule has 2 bridgehead atoms. The zero-order chi connectivity index (χ0) is 19.1. The van der Waals surface area contributed by atoms with Gasteiger partial charge < -0.3 is 15.0 Å². The van der Waals surface area contributed by atoms with E-state index in [2.05, 4.69) is 20.3 Å². The number of pyridine rings is 1. The van der Waals surface area contributed by atoms with E-state index in [9.17, 15) is 9.18 Å². The molecule has 144 valence electrons. The fourth-order valence-corrected chi connectivity index (χ4v) is 3.89. The van der Waals surface area contributed by atoms with Crippen LogP contribution < -0.4 is 15.0 Å². The number of amides is 1. The zero-order valence-corrected chi connectivity index (χ0v) is 15.1. The number of carbonyl (C=O) groups is 1. The number of hydrogen-bond acceptors (Lipinski definition) is 6. The molecular weight excluding hydrogens is 363 g/mol. The Hall–Kier alpha value is -3.23. The third-order valence-corrected chi connectivity index (χ3v) is 5.17. The summed E-state index contributed by atoms with van der Waals surface area (Å²) in [6.07, 6.45) is 7.21. The van der Waals surface area contributed by atoms with Crippen LogP contribution in [-0.2, 0) is 4.79 Å². The Labute approximate surface area is 160 Å². The molecule has 1 fully saturated rings. The molecule has 0 unspecified atom stereocenters. The Morgan fingerprint density at radius 3 is 3.14 bits per heavy atom. The standard InChI is InChI=1S/C19H19FN6O2/c20-12-9-13-15-3-1-6-25(15)16-5-7-26-18(24-16)14(11-22-26)23-17(27)4-2-8-28-19(13)21-10-12/h5,7,9-11,15H,1-4,6,8H2,(H,23,27)/t15-/m0/s1. The van der Waals surface area contributed by atoms with Gasteiger partial charge in [-0.1, -0.05) is 0 Å². The lowest BCUT2D eigenvalue weighted by Gasteiger charge is -2.27. The molecule has 0 radical (unpaired) electrons. The number of rotatable bonds is 0. The van der Waals surface area contributed by atoms with Crippen molar-refractivity contribution in [1.29, 1.82) is 0 Å². The number of halogens is 1. The van der Waals surface area contributed by atoms with Crippen LogP contribution >= 0.6 is 0 Å². The number of nitrogens with one attached hydrogen (secondary N) is 1. The van der Waals surface area contributed by atoms with E-state index in [0.717, 1.165) is 37.0 Å². The van der Waals surface area contributed by atoms with Crippen LogP contribution in [0.5, 0.6) is 5.88 Å². The van der Waals surface area contributed by atoms with Crippen molar-refractivity contribution in [2.75, 3.05) is 23.4 Å². The third kappa shape index (κ3) is 2.92. The number of fused-ring (bicyclic) bond motifs is 5. The maximum absolute atomic E-state index is 14.0. The lowest BCUT2D eigenvalue weighted by molar-refractivity contribution is -0.116. The lowest BCUT2D eigenvalue weighted by atomic mass is 10.1. The molecule has 1 atom stereocenters.